The van der Waals surface area contributed by atoms with Crippen LogP contribution in [0.2, 0.25) is 0 Å². The lowest BCUT2D eigenvalue weighted by Crippen LogP contribution is -2.43. The zero-order chi connectivity index (χ0) is 15.5. The predicted octanol–water partition coefficient (Wildman–Crippen LogP) is 2.97. The molecule has 0 spiro atoms. The second kappa shape index (κ2) is 6.37. The number of carbonyl (C=O) groups excluding carboxylic acids is 1. The third-order valence-electron chi connectivity index (χ3n) is 3.64. The Hall–Kier alpha value is -1.72. The molecule has 1 amide bonds. The van der Waals surface area contributed by atoms with Gasteiger partial charge in [0.25, 0.3) is 5.91 Å². The number of aryl methyl sites for hydroxylation is 1. The third-order valence-corrected chi connectivity index (χ3v) is 4.86. The number of hydrogen-bond acceptors (Lipinski definition) is 4. The van der Waals surface area contributed by atoms with Gasteiger partial charge in [0, 0.05) is 23.2 Å². The van der Waals surface area contributed by atoms with Gasteiger partial charge in [-0.25, -0.2) is 4.98 Å². The van der Waals surface area contributed by atoms with Crippen LogP contribution in [0, 0.1) is 6.92 Å². The smallest absolute Gasteiger partial charge is 0.252 e. The summed E-state index contributed by atoms with van der Waals surface area (Å²) in [6.45, 7) is 6.50. The van der Waals surface area contributed by atoms with E-state index in [9.17, 15) is 4.79 Å². The molecule has 0 aliphatic carbocycles. The van der Waals surface area contributed by atoms with Crippen molar-refractivity contribution in [1.82, 2.24) is 10.3 Å². The van der Waals surface area contributed by atoms with Crippen LogP contribution in [0.5, 0.6) is 0 Å². The van der Waals surface area contributed by atoms with Gasteiger partial charge in [0.05, 0.1) is 5.54 Å². The highest BCUT2D eigenvalue weighted by atomic mass is 32.1. The molecule has 0 aliphatic rings. The van der Waals surface area contributed by atoms with E-state index < -0.39 is 5.54 Å². The summed E-state index contributed by atoms with van der Waals surface area (Å²) in [5.41, 5.74) is 7.76. The summed E-state index contributed by atoms with van der Waals surface area (Å²) in [6, 6.07) is 7.37. The van der Waals surface area contributed by atoms with Crippen LogP contribution >= 0.6 is 11.3 Å². The average molecular weight is 303 g/mol. The van der Waals surface area contributed by atoms with Crippen LogP contribution in [-0.2, 0) is 12.1 Å². The molecule has 21 heavy (non-hydrogen) atoms. The lowest BCUT2D eigenvalue weighted by molar-refractivity contribution is 0.0902. The Bertz CT molecular complexity index is 621. The molecular weight excluding hydrogens is 282 g/mol. The standard InChI is InChI=1S/C16H21N3OS/c1-4-16(3,15-18-11(2)10-21-15)19-14(20)13-7-5-12(9-17)6-8-13/h5-8,10H,4,9,17H2,1-3H3,(H,19,20). The largest absolute Gasteiger partial charge is 0.340 e. The Balaban J connectivity index is 2.19. The molecule has 4 nitrogen and oxygen atoms in total. The van der Waals surface area contributed by atoms with E-state index in [4.69, 9.17) is 5.73 Å². The molecule has 2 rings (SSSR count). The second-order valence-electron chi connectivity index (χ2n) is 5.33. The van der Waals surface area contributed by atoms with Crippen molar-refractivity contribution in [3.8, 4) is 0 Å². The number of hydrogen-bond donors (Lipinski definition) is 2. The maximum Gasteiger partial charge on any atom is 0.252 e. The van der Waals surface area contributed by atoms with Gasteiger partial charge in [0.1, 0.15) is 5.01 Å². The van der Waals surface area contributed by atoms with Crippen LogP contribution in [0.1, 0.15) is 46.9 Å². The summed E-state index contributed by atoms with van der Waals surface area (Å²) in [5.74, 6) is -0.0872. The van der Waals surface area contributed by atoms with Crippen LogP contribution in [0.4, 0.5) is 0 Å². The molecule has 1 heterocycles. The third kappa shape index (κ3) is 3.49. The number of thiazole rings is 1. The molecule has 1 unspecified atom stereocenters. The van der Waals surface area contributed by atoms with Crippen LogP contribution < -0.4 is 11.1 Å². The highest BCUT2D eigenvalue weighted by Gasteiger charge is 2.30. The number of rotatable bonds is 5. The normalized spacial score (nSPS) is 13.7. The van der Waals surface area contributed by atoms with Crippen molar-refractivity contribution in [3.63, 3.8) is 0 Å². The van der Waals surface area contributed by atoms with Gasteiger partial charge in [0.15, 0.2) is 0 Å². The van der Waals surface area contributed by atoms with Crippen molar-refractivity contribution < 1.29 is 4.79 Å². The van der Waals surface area contributed by atoms with Gasteiger partial charge in [-0.2, -0.15) is 0 Å². The number of nitrogens with two attached hydrogens (primary N) is 1. The van der Waals surface area contributed by atoms with Crippen LogP contribution in [-0.4, -0.2) is 10.9 Å². The van der Waals surface area contributed by atoms with E-state index in [-0.39, 0.29) is 5.91 Å². The van der Waals surface area contributed by atoms with Gasteiger partial charge in [-0.15, -0.1) is 11.3 Å². The SMILES string of the molecule is CCC(C)(NC(=O)c1ccc(CN)cc1)c1nc(C)cs1. The molecule has 0 radical (unpaired) electrons. The number of nitrogens with one attached hydrogen (secondary N) is 1. The van der Waals surface area contributed by atoms with Crippen LogP contribution in [0.15, 0.2) is 29.6 Å². The van der Waals surface area contributed by atoms with Crippen LogP contribution in [0.25, 0.3) is 0 Å². The fourth-order valence-corrected chi connectivity index (χ4v) is 3.00. The number of aromatic nitrogens is 1. The Morgan fingerprint density at radius 3 is 2.52 bits per heavy atom. The molecule has 3 N–H and O–H groups in total. The number of carbonyl (C=O) groups is 1. The Morgan fingerprint density at radius 2 is 2.05 bits per heavy atom. The zero-order valence-electron chi connectivity index (χ0n) is 12.6. The van der Waals surface area contributed by atoms with Crippen molar-refractivity contribution >= 4 is 17.2 Å². The monoisotopic (exact) mass is 303 g/mol. The Kier molecular flexibility index (Phi) is 4.75. The first-order valence-electron chi connectivity index (χ1n) is 7.02. The van der Waals surface area contributed by atoms with Crippen molar-refractivity contribution in [2.24, 2.45) is 5.73 Å². The summed E-state index contributed by atoms with van der Waals surface area (Å²) in [5, 5.41) is 6.05. The summed E-state index contributed by atoms with van der Waals surface area (Å²) >= 11 is 1.58. The van der Waals surface area contributed by atoms with Crippen molar-refractivity contribution in [2.75, 3.05) is 0 Å². The number of benzene rings is 1. The molecule has 0 aliphatic heterocycles. The second-order valence-corrected chi connectivity index (χ2v) is 6.19. The molecule has 1 aromatic heterocycles. The highest BCUT2D eigenvalue weighted by Crippen LogP contribution is 2.27. The summed E-state index contributed by atoms with van der Waals surface area (Å²) in [6.07, 6.45) is 0.784. The predicted molar refractivity (Wildman–Crippen MR) is 86.3 cm³/mol. The molecule has 112 valence electrons. The molecular formula is C16H21N3OS. The van der Waals surface area contributed by atoms with E-state index >= 15 is 0 Å². The van der Waals surface area contributed by atoms with E-state index in [1.807, 2.05) is 31.4 Å². The molecule has 1 atom stereocenters. The van der Waals surface area contributed by atoms with Crippen LogP contribution in [0.3, 0.4) is 0 Å². The Labute approximate surface area is 129 Å². The average Bonchev–Trinajstić information content (AvgIpc) is 2.94. The fraction of sp³-hybridized carbons (Fsp3) is 0.375. The first kappa shape index (κ1) is 15.7. The summed E-state index contributed by atoms with van der Waals surface area (Å²) in [7, 11) is 0. The first-order chi connectivity index (χ1) is 9.98. The minimum absolute atomic E-state index is 0.0872. The van der Waals surface area contributed by atoms with Gasteiger partial charge in [0.2, 0.25) is 0 Å². The van der Waals surface area contributed by atoms with Crippen molar-refractivity contribution in [2.45, 2.75) is 39.3 Å². The molecule has 0 saturated heterocycles. The minimum atomic E-state index is -0.442. The van der Waals surface area contributed by atoms with E-state index in [1.165, 1.54) is 0 Å². The van der Waals surface area contributed by atoms with Gasteiger partial charge in [-0.3, -0.25) is 4.79 Å². The first-order valence-corrected chi connectivity index (χ1v) is 7.90. The molecule has 0 saturated carbocycles. The Morgan fingerprint density at radius 1 is 1.38 bits per heavy atom. The zero-order valence-corrected chi connectivity index (χ0v) is 13.5. The maximum atomic E-state index is 12.4. The number of nitrogens with zero attached hydrogens (tertiary/aromatic N) is 1. The molecule has 1 aromatic carbocycles. The molecule has 0 bridgehead atoms. The lowest BCUT2D eigenvalue weighted by Gasteiger charge is -2.27. The summed E-state index contributed by atoms with van der Waals surface area (Å²) < 4.78 is 0. The van der Waals surface area contributed by atoms with Gasteiger partial charge >= 0.3 is 0 Å². The summed E-state index contributed by atoms with van der Waals surface area (Å²) in [4.78, 5) is 16.9. The maximum absolute atomic E-state index is 12.4. The quantitative estimate of drug-likeness (QED) is 0.892. The van der Waals surface area contributed by atoms with Gasteiger partial charge in [-0.05, 0) is 38.0 Å². The van der Waals surface area contributed by atoms with Gasteiger partial charge in [-0.1, -0.05) is 19.1 Å². The molecule has 5 heteroatoms. The van der Waals surface area contributed by atoms with Crippen molar-refractivity contribution in [1.29, 1.82) is 0 Å². The van der Waals surface area contributed by atoms with E-state index in [2.05, 4.69) is 17.2 Å². The van der Waals surface area contributed by atoms with Crippen molar-refractivity contribution in [3.05, 3.63) is 51.5 Å². The van der Waals surface area contributed by atoms with E-state index in [1.54, 1.807) is 23.5 Å². The van der Waals surface area contributed by atoms with E-state index in [0.29, 0.717) is 12.1 Å². The fourth-order valence-electron chi connectivity index (χ4n) is 2.02. The van der Waals surface area contributed by atoms with Gasteiger partial charge < -0.3 is 11.1 Å². The lowest BCUT2D eigenvalue weighted by atomic mass is 9.99. The topological polar surface area (TPSA) is 68.0 Å². The minimum Gasteiger partial charge on any atom is -0.340 e. The molecule has 0 fully saturated rings. The number of amides is 1. The van der Waals surface area contributed by atoms with E-state index in [0.717, 1.165) is 22.7 Å². The highest BCUT2D eigenvalue weighted by molar-refractivity contribution is 7.09. The molecule has 2 aromatic rings.